The van der Waals surface area contributed by atoms with Crippen LogP contribution in [0.15, 0.2) is 18.2 Å². The molecule has 0 heterocycles. The Bertz CT molecular complexity index is 432. The van der Waals surface area contributed by atoms with Gasteiger partial charge in [0.25, 0.3) is 5.92 Å². The summed E-state index contributed by atoms with van der Waals surface area (Å²) in [5.74, 6) is -4.14. The van der Waals surface area contributed by atoms with Crippen LogP contribution in [0.2, 0.25) is 5.02 Å². The molecule has 0 bridgehead atoms. The summed E-state index contributed by atoms with van der Waals surface area (Å²) in [6.07, 6.45) is 0.00370. The van der Waals surface area contributed by atoms with Gasteiger partial charge in [-0.15, -0.1) is 0 Å². The first kappa shape index (κ1) is 13.9. The summed E-state index contributed by atoms with van der Waals surface area (Å²) in [6, 6.07) is 2.62. The molecule has 6 heteroatoms. The number of aliphatic carboxylic acids is 1. The lowest BCUT2D eigenvalue weighted by atomic mass is 10.0. The molecule has 0 aromatic heterocycles. The SMILES string of the molecule is CC(F)(F)c1ccc(CC(N)C(=O)O)c(Cl)c1. The highest BCUT2D eigenvalue weighted by Gasteiger charge is 2.25. The zero-order valence-electron chi connectivity index (χ0n) is 9.08. The molecule has 0 radical (unpaired) electrons. The largest absolute Gasteiger partial charge is 0.480 e. The van der Waals surface area contributed by atoms with E-state index in [9.17, 15) is 13.6 Å². The van der Waals surface area contributed by atoms with E-state index >= 15 is 0 Å². The van der Waals surface area contributed by atoms with Crippen LogP contribution in [0.5, 0.6) is 0 Å². The number of nitrogens with two attached hydrogens (primary N) is 1. The zero-order chi connectivity index (χ0) is 13.2. The molecule has 1 atom stereocenters. The third kappa shape index (κ3) is 3.64. The molecule has 0 saturated carbocycles. The van der Waals surface area contributed by atoms with E-state index in [2.05, 4.69) is 0 Å². The summed E-state index contributed by atoms with van der Waals surface area (Å²) < 4.78 is 26.0. The van der Waals surface area contributed by atoms with Crippen LogP contribution in [0.4, 0.5) is 8.78 Å². The lowest BCUT2D eigenvalue weighted by Gasteiger charge is -2.13. The lowest BCUT2D eigenvalue weighted by Crippen LogP contribution is -2.32. The molecular formula is C11H12ClF2NO2. The molecule has 0 aliphatic rings. The van der Waals surface area contributed by atoms with Gasteiger partial charge in [0.2, 0.25) is 0 Å². The number of alkyl halides is 2. The third-order valence-electron chi connectivity index (χ3n) is 2.32. The predicted octanol–water partition coefficient (Wildman–Crippen LogP) is 2.41. The van der Waals surface area contributed by atoms with Crippen LogP contribution in [-0.2, 0) is 17.1 Å². The van der Waals surface area contributed by atoms with Gasteiger partial charge in [0, 0.05) is 17.5 Å². The molecule has 94 valence electrons. The number of benzene rings is 1. The minimum Gasteiger partial charge on any atom is -0.480 e. The second kappa shape index (κ2) is 4.98. The van der Waals surface area contributed by atoms with Crippen molar-refractivity contribution in [2.45, 2.75) is 25.3 Å². The van der Waals surface area contributed by atoms with Crippen molar-refractivity contribution < 1.29 is 18.7 Å². The van der Waals surface area contributed by atoms with E-state index < -0.39 is 17.9 Å². The monoisotopic (exact) mass is 263 g/mol. The molecule has 1 rings (SSSR count). The van der Waals surface area contributed by atoms with E-state index in [1.54, 1.807) is 0 Å². The summed E-state index contributed by atoms with van der Waals surface area (Å²) in [5.41, 5.74) is 5.56. The van der Waals surface area contributed by atoms with Crippen molar-refractivity contribution in [1.29, 1.82) is 0 Å². The number of carboxylic acid groups (broad SMARTS) is 1. The van der Waals surface area contributed by atoms with Crippen LogP contribution < -0.4 is 5.73 Å². The molecule has 17 heavy (non-hydrogen) atoms. The molecule has 3 N–H and O–H groups in total. The van der Waals surface area contributed by atoms with Gasteiger partial charge in [-0.25, -0.2) is 8.78 Å². The molecule has 0 fully saturated rings. The number of rotatable bonds is 4. The quantitative estimate of drug-likeness (QED) is 0.877. The highest BCUT2D eigenvalue weighted by Crippen LogP contribution is 2.30. The van der Waals surface area contributed by atoms with Gasteiger partial charge < -0.3 is 10.8 Å². The fraction of sp³-hybridized carbons (Fsp3) is 0.364. The van der Waals surface area contributed by atoms with Crippen LogP contribution in [0, 0.1) is 0 Å². The van der Waals surface area contributed by atoms with E-state index in [1.165, 1.54) is 12.1 Å². The van der Waals surface area contributed by atoms with Crippen LogP contribution in [0.3, 0.4) is 0 Å². The van der Waals surface area contributed by atoms with Gasteiger partial charge in [-0.2, -0.15) is 0 Å². The molecule has 0 spiro atoms. The van der Waals surface area contributed by atoms with Crippen LogP contribution >= 0.6 is 11.6 Å². The molecule has 0 aliphatic heterocycles. The fourth-order valence-electron chi connectivity index (χ4n) is 1.31. The van der Waals surface area contributed by atoms with Gasteiger partial charge in [0.05, 0.1) is 0 Å². The van der Waals surface area contributed by atoms with Crippen LogP contribution in [0.25, 0.3) is 0 Å². The van der Waals surface area contributed by atoms with Gasteiger partial charge in [0.15, 0.2) is 0 Å². The van der Waals surface area contributed by atoms with E-state index in [-0.39, 0.29) is 17.0 Å². The molecule has 1 aromatic carbocycles. The Hall–Kier alpha value is -1.20. The minimum atomic E-state index is -2.98. The number of carboxylic acids is 1. The van der Waals surface area contributed by atoms with E-state index in [0.29, 0.717) is 5.56 Å². The smallest absolute Gasteiger partial charge is 0.320 e. The summed E-state index contributed by atoms with van der Waals surface area (Å²) in [4.78, 5) is 10.6. The number of carbonyl (C=O) groups is 1. The number of hydrogen-bond acceptors (Lipinski definition) is 2. The van der Waals surface area contributed by atoms with Crippen LogP contribution in [-0.4, -0.2) is 17.1 Å². The van der Waals surface area contributed by atoms with Crippen molar-refractivity contribution in [3.63, 3.8) is 0 Å². The Kier molecular flexibility index (Phi) is 4.06. The van der Waals surface area contributed by atoms with E-state index in [0.717, 1.165) is 13.0 Å². The van der Waals surface area contributed by atoms with Crippen molar-refractivity contribution >= 4 is 17.6 Å². The topological polar surface area (TPSA) is 63.3 Å². The molecule has 3 nitrogen and oxygen atoms in total. The van der Waals surface area contributed by atoms with Gasteiger partial charge in [-0.05, 0) is 18.1 Å². The maximum atomic E-state index is 13.0. The van der Waals surface area contributed by atoms with E-state index in [1.807, 2.05) is 0 Å². The maximum absolute atomic E-state index is 13.0. The Morgan fingerprint density at radius 1 is 1.59 bits per heavy atom. The lowest BCUT2D eigenvalue weighted by molar-refractivity contribution is -0.138. The van der Waals surface area contributed by atoms with Crippen molar-refractivity contribution in [2.75, 3.05) is 0 Å². The van der Waals surface area contributed by atoms with Crippen molar-refractivity contribution in [2.24, 2.45) is 5.73 Å². The summed E-state index contributed by atoms with van der Waals surface area (Å²) in [5, 5.41) is 8.73. The van der Waals surface area contributed by atoms with Gasteiger partial charge in [-0.1, -0.05) is 23.7 Å². The second-order valence-electron chi connectivity index (χ2n) is 3.84. The molecule has 1 aromatic rings. The first-order valence-electron chi connectivity index (χ1n) is 4.87. The van der Waals surface area contributed by atoms with Crippen molar-refractivity contribution in [3.05, 3.63) is 34.3 Å². The Balaban J connectivity index is 2.95. The Morgan fingerprint density at radius 3 is 2.59 bits per heavy atom. The average Bonchev–Trinajstić information content (AvgIpc) is 2.19. The first-order valence-corrected chi connectivity index (χ1v) is 5.24. The molecule has 0 aliphatic carbocycles. The third-order valence-corrected chi connectivity index (χ3v) is 2.67. The normalized spacial score (nSPS) is 13.5. The van der Waals surface area contributed by atoms with Crippen LogP contribution in [0.1, 0.15) is 18.1 Å². The summed E-state index contributed by atoms with van der Waals surface area (Å²) in [7, 11) is 0. The molecule has 1 unspecified atom stereocenters. The van der Waals surface area contributed by atoms with Crippen molar-refractivity contribution in [3.8, 4) is 0 Å². The second-order valence-corrected chi connectivity index (χ2v) is 4.25. The van der Waals surface area contributed by atoms with E-state index in [4.69, 9.17) is 22.4 Å². The first-order chi connectivity index (χ1) is 7.71. The summed E-state index contributed by atoms with van der Waals surface area (Å²) in [6.45, 7) is 0.765. The molecule has 0 amide bonds. The highest BCUT2D eigenvalue weighted by atomic mass is 35.5. The molecule has 0 saturated heterocycles. The standard InChI is InChI=1S/C11H12ClF2NO2/c1-11(13,14)7-3-2-6(8(12)5-7)4-9(15)10(16)17/h2-3,5,9H,4,15H2,1H3,(H,16,17). The maximum Gasteiger partial charge on any atom is 0.320 e. The van der Waals surface area contributed by atoms with Gasteiger partial charge >= 0.3 is 5.97 Å². The van der Waals surface area contributed by atoms with Crippen molar-refractivity contribution in [1.82, 2.24) is 0 Å². The number of hydrogen-bond donors (Lipinski definition) is 2. The van der Waals surface area contributed by atoms with Gasteiger partial charge in [0.1, 0.15) is 6.04 Å². The Labute approximate surface area is 102 Å². The fourth-order valence-corrected chi connectivity index (χ4v) is 1.57. The average molecular weight is 264 g/mol. The van der Waals surface area contributed by atoms with Gasteiger partial charge in [-0.3, -0.25) is 4.79 Å². The Morgan fingerprint density at radius 2 is 2.18 bits per heavy atom. The highest BCUT2D eigenvalue weighted by molar-refractivity contribution is 6.31. The number of halogens is 3. The minimum absolute atomic E-state index is 0.00370. The zero-order valence-corrected chi connectivity index (χ0v) is 9.84. The predicted molar refractivity (Wildman–Crippen MR) is 60.3 cm³/mol. The molecular weight excluding hydrogens is 252 g/mol. The summed E-state index contributed by atoms with van der Waals surface area (Å²) >= 11 is 5.80.